The van der Waals surface area contributed by atoms with Gasteiger partial charge in [0.1, 0.15) is 5.75 Å². The van der Waals surface area contributed by atoms with Crippen molar-refractivity contribution < 1.29 is 18.9 Å². The lowest BCUT2D eigenvalue weighted by Crippen LogP contribution is -2.08. The number of anilines is 2. The molecule has 0 amide bonds. The van der Waals surface area contributed by atoms with Crippen LogP contribution in [-0.2, 0) is 11.0 Å². The van der Waals surface area contributed by atoms with Crippen LogP contribution in [0.2, 0.25) is 0 Å². The summed E-state index contributed by atoms with van der Waals surface area (Å²) in [5, 5.41) is 3.23. The van der Waals surface area contributed by atoms with Gasteiger partial charge < -0.3 is 9.84 Å². The van der Waals surface area contributed by atoms with E-state index in [1.54, 1.807) is 12.1 Å². The maximum absolute atomic E-state index is 11.0. The van der Waals surface area contributed by atoms with Gasteiger partial charge in [0, 0.05) is 23.4 Å². The number of hydrogen-bond donors (Lipinski definition) is 3. The molecule has 0 saturated carbocycles. The Morgan fingerprint density at radius 2 is 1.79 bits per heavy atom. The van der Waals surface area contributed by atoms with Gasteiger partial charge in [0.25, 0.3) is 0 Å². The summed E-state index contributed by atoms with van der Waals surface area (Å²) >= 11 is 0. The predicted octanol–water partition coefficient (Wildman–Crippen LogP) is 2.81. The first-order chi connectivity index (χ1) is 9.03. The molecule has 3 N–H and O–H groups in total. The standard InChI is InChI=1S/C13H12NO4P/c15-19(16,17)18-13-7-3-6-12-10(13)8-9-4-1-2-5-11(9)14-12/h1-7,14H,8H2,(H2,15,16,17). The van der Waals surface area contributed by atoms with Crippen LogP contribution in [0.1, 0.15) is 11.1 Å². The monoisotopic (exact) mass is 277 g/mol. The number of para-hydroxylation sites is 1. The van der Waals surface area contributed by atoms with Gasteiger partial charge in [0.15, 0.2) is 0 Å². The first-order valence-electron chi connectivity index (χ1n) is 5.75. The highest BCUT2D eigenvalue weighted by atomic mass is 31.2. The minimum atomic E-state index is -4.55. The van der Waals surface area contributed by atoms with Crippen LogP contribution >= 0.6 is 7.82 Å². The van der Waals surface area contributed by atoms with E-state index in [1.165, 1.54) is 0 Å². The molecule has 0 spiro atoms. The highest BCUT2D eigenvalue weighted by molar-refractivity contribution is 7.46. The fourth-order valence-electron chi connectivity index (χ4n) is 2.21. The minimum absolute atomic E-state index is 0.216. The Kier molecular flexibility index (Phi) is 2.82. The van der Waals surface area contributed by atoms with Crippen LogP contribution < -0.4 is 9.84 Å². The Balaban J connectivity index is 2.04. The van der Waals surface area contributed by atoms with E-state index in [2.05, 4.69) is 5.32 Å². The van der Waals surface area contributed by atoms with E-state index in [0.29, 0.717) is 6.42 Å². The number of fused-ring (bicyclic) bond motifs is 2. The Bertz CT molecular complexity index is 680. The van der Waals surface area contributed by atoms with Gasteiger partial charge in [-0.2, -0.15) is 0 Å². The lowest BCUT2D eigenvalue weighted by molar-refractivity contribution is 0.282. The smallest absolute Gasteiger partial charge is 0.404 e. The van der Waals surface area contributed by atoms with E-state index in [4.69, 9.17) is 14.3 Å². The van der Waals surface area contributed by atoms with Crippen LogP contribution in [-0.4, -0.2) is 9.79 Å². The van der Waals surface area contributed by atoms with Crippen molar-refractivity contribution in [2.75, 3.05) is 5.32 Å². The van der Waals surface area contributed by atoms with Crippen LogP contribution in [0.15, 0.2) is 42.5 Å². The second kappa shape index (κ2) is 4.38. The molecule has 0 fully saturated rings. The molecule has 6 heteroatoms. The average Bonchev–Trinajstić information content (AvgIpc) is 2.35. The van der Waals surface area contributed by atoms with E-state index in [1.807, 2.05) is 30.3 Å². The zero-order chi connectivity index (χ0) is 13.5. The van der Waals surface area contributed by atoms with Crippen LogP contribution in [0.5, 0.6) is 5.75 Å². The molecule has 0 aliphatic carbocycles. The lowest BCUT2D eigenvalue weighted by Gasteiger charge is -2.23. The maximum Gasteiger partial charge on any atom is 0.524 e. The van der Waals surface area contributed by atoms with E-state index >= 15 is 0 Å². The molecule has 0 radical (unpaired) electrons. The zero-order valence-corrected chi connectivity index (χ0v) is 10.8. The highest BCUT2D eigenvalue weighted by Crippen LogP contribution is 2.44. The molecule has 2 aromatic rings. The minimum Gasteiger partial charge on any atom is -0.404 e. The van der Waals surface area contributed by atoms with Gasteiger partial charge in [0.2, 0.25) is 0 Å². The van der Waals surface area contributed by atoms with Crippen LogP contribution in [0, 0.1) is 0 Å². The molecule has 1 aliphatic rings. The summed E-state index contributed by atoms with van der Waals surface area (Å²) in [4.78, 5) is 17.9. The molecule has 0 bridgehead atoms. The van der Waals surface area contributed by atoms with Crippen LogP contribution in [0.4, 0.5) is 11.4 Å². The normalized spacial score (nSPS) is 13.2. The van der Waals surface area contributed by atoms with Gasteiger partial charge >= 0.3 is 7.82 Å². The fourth-order valence-corrected chi connectivity index (χ4v) is 2.64. The summed E-state index contributed by atoms with van der Waals surface area (Å²) in [5.41, 5.74) is 3.63. The summed E-state index contributed by atoms with van der Waals surface area (Å²) in [7, 11) is -4.55. The van der Waals surface area contributed by atoms with Crippen molar-refractivity contribution in [2.24, 2.45) is 0 Å². The Labute approximate surface area is 110 Å². The fraction of sp³-hybridized carbons (Fsp3) is 0.0769. The number of phosphoric acid groups is 1. The van der Waals surface area contributed by atoms with Crippen LogP contribution in [0.25, 0.3) is 0 Å². The molecule has 2 aromatic carbocycles. The number of benzene rings is 2. The second-order valence-corrected chi connectivity index (χ2v) is 5.49. The number of nitrogens with one attached hydrogen (secondary N) is 1. The molecule has 5 nitrogen and oxygen atoms in total. The molecule has 0 unspecified atom stereocenters. The van der Waals surface area contributed by atoms with E-state index < -0.39 is 7.82 Å². The largest absolute Gasteiger partial charge is 0.524 e. The molecular formula is C13H12NO4P. The van der Waals surface area contributed by atoms with Gasteiger partial charge in [0.05, 0.1) is 0 Å². The third-order valence-electron chi connectivity index (χ3n) is 3.00. The van der Waals surface area contributed by atoms with E-state index in [0.717, 1.165) is 22.5 Å². The predicted molar refractivity (Wildman–Crippen MR) is 71.6 cm³/mol. The Morgan fingerprint density at radius 1 is 1.05 bits per heavy atom. The molecule has 98 valence electrons. The van der Waals surface area contributed by atoms with Gasteiger partial charge in [-0.25, -0.2) is 4.57 Å². The second-order valence-electron chi connectivity index (χ2n) is 4.32. The third kappa shape index (κ3) is 2.49. The van der Waals surface area contributed by atoms with Gasteiger partial charge in [-0.3, -0.25) is 9.79 Å². The molecule has 1 aliphatic heterocycles. The van der Waals surface area contributed by atoms with Crippen molar-refractivity contribution in [1.82, 2.24) is 0 Å². The SMILES string of the molecule is O=P(O)(O)Oc1cccc2c1Cc1ccccc1N2. The van der Waals surface area contributed by atoms with Crippen molar-refractivity contribution in [2.45, 2.75) is 6.42 Å². The summed E-state index contributed by atoms with van der Waals surface area (Å²) in [6.07, 6.45) is 0.578. The maximum atomic E-state index is 11.0. The number of hydrogen-bond acceptors (Lipinski definition) is 3. The average molecular weight is 277 g/mol. The number of phosphoric ester groups is 1. The lowest BCUT2D eigenvalue weighted by atomic mass is 9.97. The van der Waals surface area contributed by atoms with Gasteiger partial charge in [-0.05, 0) is 23.8 Å². The summed E-state index contributed by atoms with van der Waals surface area (Å²) in [6, 6.07) is 12.9. The molecule has 19 heavy (non-hydrogen) atoms. The van der Waals surface area contributed by atoms with Gasteiger partial charge in [-0.15, -0.1) is 0 Å². The summed E-state index contributed by atoms with van der Waals surface area (Å²) in [5.74, 6) is 0.216. The summed E-state index contributed by atoms with van der Waals surface area (Å²) in [6.45, 7) is 0. The highest BCUT2D eigenvalue weighted by Gasteiger charge is 2.23. The molecule has 0 aromatic heterocycles. The van der Waals surface area contributed by atoms with Crippen molar-refractivity contribution >= 4 is 19.2 Å². The van der Waals surface area contributed by atoms with Crippen molar-refractivity contribution in [1.29, 1.82) is 0 Å². The zero-order valence-electron chi connectivity index (χ0n) is 9.91. The number of rotatable bonds is 2. The quantitative estimate of drug-likeness (QED) is 0.628. The van der Waals surface area contributed by atoms with Crippen LogP contribution in [0.3, 0.4) is 0 Å². The first kappa shape index (κ1) is 12.2. The molecule has 0 atom stereocenters. The molecule has 1 heterocycles. The first-order valence-corrected chi connectivity index (χ1v) is 7.28. The summed E-state index contributed by atoms with van der Waals surface area (Å²) < 4.78 is 15.7. The molecule has 3 rings (SSSR count). The Morgan fingerprint density at radius 3 is 2.58 bits per heavy atom. The van der Waals surface area contributed by atoms with Crippen molar-refractivity contribution in [3.05, 3.63) is 53.6 Å². The topological polar surface area (TPSA) is 78.8 Å². The van der Waals surface area contributed by atoms with Crippen molar-refractivity contribution in [3.8, 4) is 5.75 Å². The van der Waals surface area contributed by atoms with E-state index in [-0.39, 0.29) is 5.75 Å². The third-order valence-corrected chi connectivity index (χ3v) is 3.44. The Hall–Kier alpha value is -1.81. The molecule has 0 saturated heterocycles. The van der Waals surface area contributed by atoms with E-state index in [9.17, 15) is 4.57 Å². The van der Waals surface area contributed by atoms with Crippen molar-refractivity contribution in [3.63, 3.8) is 0 Å². The molecular weight excluding hydrogens is 265 g/mol. The van der Waals surface area contributed by atoms with Gasteiger partial charge in [-0.1, -0.05) is 24.3 Å².